The number of rotatable bonds is 9. The Hall–Kier alpha value is -2.62. The molecule has 0 amide bonds. The highest BCUT2D eigenvalue weighted by Crippen LogP contribution is 2.21. The molecule has 4 heteroatoms. The first-order chi connectivity index (χ1) is 14.0. The Balaban J connectivity index is 1.75. The summed E-state index contributed by atoms with van der Waals surface area (Å²) >= 11 is 6.38. The fourth-order valence-electron chi connectivity index (χ4n) is 3.46. The first-order valence-electron chi connectivity index (χ1n) is 9.80. The Morgan fingerprint density at radius 3 is 2.38 bits per heavy atom. The van der Waals surface area contributed by atoms with Crippen LogP contribution >= 0.6 is 11.6 Å². The van der Waals surface area contributed by atoms with Crippen molar-refractivity contribution < 1.29 is 9.90 Å². The monoisotopic (exact) mass is 407 g/mol. The molecule has 29 heavy (non-hydrogen) atoms. The molecule has 0 aliphatic carbocycles. The number of carboxylic acid groups (broad SMARTS) is 1. The Labute approximate surface area is 177 Å². The van der Waals surface area contributed by atoms with Gasteiger partial charge in [0, 0.05) is 24.7 Å². The number of carbonyl (C=O) groups is 1. The van der Waals surface area contributed by atoms with Crippen LogP contribution in [0, 0.1) is 6.92 Å². The summed E-state index contributed by atoms with van der Waals surface area (Å²) in [4.78, 5) is 13.3. The molecule has 0 aromatic heterocycles. The lowest BCUT2D eigenvalue weighted by atomic mass is 10.0. The van der Waals surface area contributed by atoms with Crippen molar-refractivity contribution in [3.05, 3.63) is 106 Å². The standard InChI is InChI=1S/C25H26ClNO2/c1-19-10-11-24(26)23(14-19)18-27(13-12-25(28)29)17-22-9-5-8-21(16-22)15-20-6-3-2-4-7-20/h2-11,14,16H,12-13,15,17-18H2,1H3,(H,28,29). The number of aliphatic carboxylic acids is 1. The van der Waals surface area contributed by atoms with Gasteiger partial charge in [0.25, 0.3) is 0 Å². The van der Waals surface area contributed by atoms with E-state index in [0.717, 1.165) is 17.5 Å². The van der Waals surface area contributed by atoms with E-state index in [9.17, 15) is 4.79 Å². The summed E-state index contributed by atoms with van der Waals surface area (Å²) in [5.41, 5.74) is 5.87. The van der Waals surface area contributed by atoms with E-state index < -0.39 is 5.97 Å². The van der Waals surface area contributed by atoms with E-state index in [-0.39, 0.29) is 6.42 Å². The third-order valence-electron chi connectivity index (χ3n) is 4.89. The van der Waals surface area contributed by atoms with Gasteiger partial charge in [0.15, 0.2) is 0 Å². The van der Waals surface area contributed by atoms with Gasteiger partial charge >= 0.3 is 5.97 Å². The minimum Gasteiger partial charge on any atom is -0.481 e. The van der Waals surface area contributed by atoms with E-state index in [1.54, 1.807) is 0 Å². The number of benzene rings is 3. The molecular weight excluding hydrogens is 382 g/mol. The molecule has 3 nitrogen and oxygen atoms in total. The maximum Gasteiger partial charge on any atom is 0.304 e. The van der Waals surface area contributed by atoms with Crippen LogP contribution in [0.4, 0.5) is 0 Å². The van der Waals surface area contributed by atoms with Crippen LogP contribution in [0.25, 0.3) is 0 Å². The quantitative estimate of drug-likeness (QED) is 0.493. The molecule has 3 rings (SSSR count). The van der Waals surface area contributed by atoms with Gasteiger partial charge in [-0.15, -0.1) is 0 Å². The number of hydrogen-bond acceptors (Lipinski definition) is 2. The molecule has 0 aliphatic heterocycles. The summed E-state index contributed by atoms with van der Waals surface area (Å²) in [6.45, 7) is 3.81. The summed E-state index contributed by atoms with van der Waals surface area (Å²) in [6, 6.07) is 24.9. The highest BCUT2D eigenvalue weighted by atomic mass is 35.5. The van der Waals surface area contributed by atoms with Gasteiger partial charge in [0.1, 0.15) is 0 Å². The van der Waals surface area contributed by atoms with Crippen molar-refractivity contribution in [2.75, 3.05) is 6.54 Å². The Bertz CT molecular complexity index is 956. The zero-order valence-corrected chi connectivity index (χ0v) is 17.4. The molecule has 0 aliphatic rings. The van der Waals surface area contributed by atoms with Gasteiger partial charge < -0.3 is 5.11 Å². The summed E-state index contributed by atoms with van der Waals surface area (Å²) in [6.07, 6.45) is 0.987. The lowest BCUT2D eigenvalue weighted by Gasteiger charge is -2.23. The third kappa shape index (κ3) is 6.74. The van der Waals surface area contributed by atoms with Crippen molar-refractivity contribution in [1.82, 2.24) is 4.90 Å². The van der Waals surface area contributed by atoms with Crippen LogP contribution in [0.2, 0.25) is 5.02 Å². The van der Waals surface area contributed by atoms with Crippen molar-refractivity contribution in [3.8, 4) is 0 Å². The number of carboxylic acids is 1. The van der Waals surface area contributed by atoms with Crippen molar-refractivity contribution in [2.24, 2.45) is 0 Å². The number of halogens is 1. The van der Waals surface area contributed by atoms with Crippen LogP contribution in [0.15, 0.2) is 72.8 Å². The zero-order chi connectivity index (χ0) is 20.6. The van der Waals surface area contributed by atoms with E-state index in [4.69, 9.17) is 16.7 Å². The number of aryl methyl sites for hydroxylation is 1. The molecule has 0 radical (unpaired) electrons. The average molecular weight is 408 g/mol. The second kappa shape index (κ2) is 10.2. The number of hydrogen-bond donors (Lipinski definition) is 1. The van der Waals surface area contributed by atoms with E-state index in [2.05, 4.69) is 59.5 Å². The Morgan fingerprint density at radius 1 is 0.897 bits per heavy atom. The predicted molar refractivity (Wildman–Crippen MR) is 118 cm³/mol. The molecule has 0 unspecified atom stereocenters. The Morgan fingerprint density at radius 2 is 1.62 bits per heavy atom. The van der Waals surface area contributed by atoms with Gasteiger partial charge in [0.05, 0.1) is 6.42 Å². The van der Waals surface area contributed by atoms with Crippen LogP contribution in [0.3, 0.4) is 0 Å². The smallest absolute Gasteiger partial charge is 0.304 e. The molecule has 0 bridgehead atoms. The summed E-state index contributed by atoms with van der Waals surface area (Å²) < 4.78 is 0. The zero-order valence-electron chi connectivity index (χ0n) is 16.6. The third-order valence-corrected chi connectivity index (χ3v) is 5.25. The van der Waals surface area contributed by atoms with E-state index >= 15 is 0 Å². The lowest BCUT2D eigenvalue weighted by Crippen LogP contribution is -2.26. The average Bonchev–Trinajstić information content (AvgIpc) is 2.70. The highest BCUT2D eigenvalue weighted by molar-refractivity contribution is 6.31. The van der Waals surface area contributed by atoms with Gasteiger partial charge in [-0.25, -0.2) is 0 Å². The first kappa shape index (κ1) is 21.1. The number of nitrogens with zero attached hydrogens (tertiary/aromatic N) is 1. The molecule has 0 heterocycles. The molecular formula is C25H26ClNO2. The summed E-state index contributed by atoms with van der Waals surface area (Å²) in [7, 11) is 0. The maximum absolute atomic E-state index is 11.1. The predicted octanol–water partition coefficient (Wildman–Crippen LogP) is 5.72. The SMILES string of the molecule is Cc1ccc(Cl)c(CN(CCC(=O)O)Cc2cccc(Cc3ccccc3)c2)c1. The summed E-state index contributed by atoms with van der Waals surface area (Å²) in [5.74, 6) is -0.789. The van der Waals surface area contributed by atoms with Gasteiger partial charge in [-0.1, -0.05) is 83.9 Å². The fraction of sp³-hybridized carbons (Fsp3) is 0.240. The van der Waals surface area contributed by atoms with Crippen LogP contribution in [0.5, 0.6) is 0 Å². The topological polar surface area (TPSA) is 40.5 Å². The normalized spacial score (nSPS) is 11.0. The molecule has 0 saturated carbocycles. The van der Waals surface area contributed by atoms with Crippen molar-refractivity contribution in [2.45, 2.75) is 32.9 Å². The van der Waals surface area contributed by atoms with Gasteiger partial charge in [-0.05, 0) is 41.7 Å². The largest absolute Gasteiger partial charge is 0.481 e. The highest BCUT2D eigenvalue weighted by Gasteiger charge is 2.12. The minimum absolute atomic E-state index is 0.104. The van der Waals surface area contributed by atoms with Crippen molar-refractivity contribution >= 4 is 17.6 Å². The molecule has 150 valence electrons. The van der Waals surface area contributed by atoms with Crippen molar-refractivity contribution in [3.63, 3.8) is 0 Å². The lowest BCUT2D eigenvalue weighted by molar-refractivity contribution is -0.137. The molecule has 3 aromatic rings. The molecule has 0 atom stereocenters. The summed E-state index contributed by atoms with van der Waals surface area (Å²) in [5, 5.41) is 9.87. The second-order valence-electron chi connectivity index (χ2n) is 7.43. The molecule has 3 aromatic carbocycles. The molecule has 1 N–H and O–H groups in total. The van der Waals surface area contributed by atoms with Gasteiger partial charge in [-0.2, -0.15) is 0 Å². The van der Waals surface area contributed by atoms with Crippen LogP contribution < -0.4 is 0 Å². The van der Waals surface area contributed by atoms with Gasteiger partial charge in [0.2, 0.25) is 0 Å². The van der Waals surface area contributed by atoms with E-state index in [1.807, 2.05) is 25.1 Å². The van der Waals surface area contributed by atoms with E-state index in [1.165, 1.54) is 16.7 Å². The second-order valence-corrected chi connectivity index (χ2v) is 7.84. The van der Waals surface area contributed by atoms with Crippen LogP contribution in [0.1, 0.15) is 34.2 Å². The molecule has 0 saturated heterocycles. The van der Waals surface area contributed by atoms with Gasteiger partial charge in [-0.3, -0.25) is 9.69 Å². The Kier molecular flexibility index (Phi) is 7.45. The van der Waals surface area contributed by atoms with Crippen LogP contribution in [-0.4, -0.2) is 22.5 Å². The van der Waals surface area contributed by atoms with Crippen LogP contribution in [-0.2, 0) is 24.3 Å². The fourth-order valence-corrected chi connectivity index (χ4v) is 3.64. The molecule has 0 fully saturated rings. The van der Waals surface area contributed by atoms with E-state index in [0.29, 0.717) is 24.7 Å². The first-order valence-corrected chi connectivity index (χ1v) is 10.2. The molecule has 0 spiro atoms. The minimum atomic E-state index is -0.789. The maximum atomic E-state index is 11.1. The van der Waals surface area contributed by atoms with Crippen molar-refractivity contribution in [1.29, 1.82) is 0 Å².